The van der Waals surface area contributed by atoms with Crippen LogP contribution in [0, 0.1) is 13.8 Å². The number of piperidine rings is 1. The number of fused-ring (bicyclic) bond motifs is 1. The summed E-state index contributed by atoms with van der Waals surface area (Å²) in [6.45, 7) is 6.59. The number of hydrogen-bond acceptors (Lipinski definition) is 6. The minimum atomic E-state index is 0.306. The second-order valence-corrected chi connectivity index (χ2v) is 7.53. The third kappa shape index (κ3) is 3.24. The Morgan fingerprint density at radius 3 is 2.75 bits per heavy atom. The first-order valence-corrected chi connectivity index (χ1v) is 9.76. The van der Waals surface area contributed by atoms with Gasteiger partial charge in [-0.1, -0.05) is 12.1 Å². The molecule has 28 heavy (non-hydrogen) atoms. The summed E-state index contributed by atoms with van der Waals surface area (Å²) in [6, 6.07) is 11.8. The molecule has 1 saturated heterocycles. The van der Waals surface area contributed by atoms with Gasteiger partial charge in [-0.25, -0.2) is 9.97 Å². The van der Waals surface area contributed by atoms with E-state index in [-0.39, 0.29) is 0 Å². The first kappa shape index (κ1) is 17.3. The highest BCUT2D eigenvalue weighted by atomic mass is 16.4. The van der Waals surface area contributed by atoms with Crippen LogP contribution in [-0.2, 0) is 6.54 Å². The van der Waals surface area contributed by atoms with Gasteiger partial charge in [-0.15, -0.1) is 0 Å². The Morgan fingerprint density at radius 1 is 1.04 bits per heavy atom. The van der Waals surface area contributed by atoms with Crippen LogP contribution in [0.25, 0.3) is 22.8 Å². The van der Waals surface area contributed by atoms with Crippen LogP contribution >= 0.6 is 0 Å². The molecule has 1 fully saturated rings. The molecular formula is C22H23N3O3. The van der Waals surface area contributed by atoms with E-state index in [9.17, 15) is 0 Å². The van der Waals surface area contributed by atoms with Crippen LogP contribution in [0.3, 0.4) is 0 Å². The van der Waals surface area contributed by atoms with E-state index in [0.29, 0.717) is 17.6 Å². The number of rotatable bonds is 4. The highest BCUT2D eigenvalue weighted by Gasteiger charge is 2.27. The van der Waals surface area contributed by atoms with E-state index >= 15 is 0 Å². The number of aryl methyl sites for hydroxylation is 2. The normalized spacial score (nSPS) is 18.1. The molecular weight excluding hydrogens is 354 g/mol. The summed E-state index contributed by atoms with van der Waals surface area (Å²) in [4.78, 5) is 11.8. The molecule has 1 unspecified atom stereocenters. The van der Waals surface area contributed by atoms with Gasteiger partial charge in [0.05, 0.1) is 5.69 Å². The number of hydrogen-bond donors (Lipinski definition) is 0. The van der Waals surface area contributed by atoms with E-state index in [4.69, 9.17) is 18.2 Å². The summed E-state index contributed by atoms with van der Waals surface area (Å²) < 4.78 is 17.5. The molecule has 0 bridgehead atoms. The Balaban J connectivity index is 1.32. The molecule has 0 radical (unpaired) electrons. The summed E-state index contributed by atoms with van der Waals surface area (Å²) in [6.07, 6.45) is 2.21. The van der Waals surface area contributed by atoms with Crippen molar-refractivity contribution in [1.82, 2.24) is 14.9 Å². The lowest BCUT2D eigenvalue weighted by atomic mass is 9.98. The van der Waals surface area contributed by atoms with Crippen LogP contribution in [-0.4, -0.2) is 28.0 Å². The predicted molar refractivity (Wildman–Crippen MR) is 105 cm³/mol. The van der Waals surface area contributed by atoms with Crippen LogP contribution in [0.2, 0.25) is 0 Å². The highest BCUT2D eigenvalue weighted by Crippen LogP contribution is 2.30. The molecule has 6 heteroatoms. The number of benzene rings is 1. The zero-order valence-electron chi connectivity index (χ0n) is 16.1. The van der Waals surface area contributed by atoms with E-state index in [0.717, 1.165) is 66.7 Å². The van der Waals surface area contributed by atoms with Crippen molar-refractivity contribution >= 4 is 11.1 Å². The van der Waals surface area contributed by atoms with E-state index < -0.39 is 0 Å². The SMILES string of the molecule is Cc1ccc(-c2nc(CN3CCCC(c4nc5ccccc5o4)C3)c(C)o2)o1. The van der Waals surface area contributed by atoms with Crippen LogP contribution < -0.4 is 0 Å². The quantitative estimate of drug-likeness (QED) is 0.494. The third-order valence-electron chi connectivity index (χ3n) is 5.38. The summed E-state index contributed by atoms with van der Waals surface area (Å²) in [5.74, 6) is 4.07. The maximum absolute atomic E-state index is 6.01. The lowest BCUT2D eigenvalue weighted by Gasteiger charge is -2.30. The molecule has 0 aliphatic carbocycles. The van der Waals surface area contributed by atoms with Crippen molar-refractivity contribution in [3.8, 4) is 11.7 Å². The maximum Gasteiger partial charge on any atom is 0.263 e. The molecule has 0 amide bonds. The predicted octanol–water partition coefficient (Wildman–Crippen LogP) is 5.07. The van der Waals surface area contributed by atoms with Gasteiger partial charge in [-0.05, 0) is 57.5 Å². The number of nitrogens with zero attached hydrogens (tertiary/aromatic N) is 3. The Labute approximate surface area is 163 Å². The fourth-order valence-corrected chi connectivity index (χ4v) is 3.91. The van der Waals surface area contributed by atoms with E-state index in [1.165, 1.54) is 0 Å². The van der Waals surface area contributed by atoms with Gasteiger partial charge < -0.3 is 13.3 Å². The van der Waals surface area contributed by atoms with Crippen molar-refractivity contribution < 1.29 is 13.3 Å². The zero-order valence-corrected chi connectivity index (χ0v) is 16.1. The van der Waals surface area contributed by atoms with Crippen LogP contribution in [0.4, 0.5) is 0 Å². The minimum Gasteiger partial charge on any atom is -0.456 e. The smallest absolute Gasteiger partial charge is 0.263 e. The molecule has 5 rings (SSSR count). The average Bonchev–Trinajstić information content (AvgIpc) is 3.41. The van der Waals surface area contributed by atoms with Crippen molar-refractivity contribution in [1.29, 1.82) is 0 Å². The van der Waals surface area contributed by atoms with Gasteiger partial charge >= 0.3 is 0 Å². The van der Waals surface area contributed by atoms with Crippen molar-refractivity contribution in [3.05, 3.63) is 59.5 Å². The van der Waals surface area contributed by atoms with Gasteiger partial charge in [-0.2, -0.15) is 0 Å². The number of oxazole rings is 2. The van der Waals surface area contributed by atoms with Gasteiger partial charge in [-0.3, -0.25) is 4.90 Å². The first-order chi connectivity index (χ1) is 13.7. The number of furan rings is 1. The molecule has 0 spiro atoms. The molecule has 6 nitrogen and oxygen atoms in total. The summed E-state index contributed by atoms with van der Waals surface area (Å²) >= 11 is 0. The topological polar surface area (TPSA) is 68.4 Å². The molecule has 4 aromatic rings. The van der Waals surface area contributed by atoms with Gasteiger partial charge in [0.15, 0.2) is 17.2 Å². The fourth-order valence-electron chi connectivity index (χ4n) is 3.91. The van der Waals surface area contributed by atoms with Crippen molar-refractivity contribution in [3.63, 3.8) is 0 Å². The molecule has 0 saturated carbocycles. The van der Waals surface area contributed by atoms with Gasteiger partial charge in [0.25, 0.3) is 5.89 Å². The number of para-hydroxylation sites is 2. The first-order valence-electron chi connectivity index (χ1n) is 9.76. The van der Waals surface area contributed by atoms with E-state index in [1.54, 1.807) is 0 Å². The second kappa shape index (κ2) is 6.95. The Kier molecular flexibility index (Phi) is 4.28. The molecule has 3 aromatic heterocycles. The van der Waals surface area contributed by atoms with Crippen molar-refractivity contribution in [2.75, 3.05) is 13.1 Å². The van der Waals surface area contributed by atoms with E-state index in [2.05, 4.69) is 9.88 Å². The molecule has 1 aromatic carbocycles. The standard InChI is InChI=1S/C22H23N3O3/c1-14-9-10-20(26-14)22-24-18(15(2)27-22)13-25-11-5-6-16(12-25)21-23-17-7-3-4-8-19(17)28-21/h3-4,7-10,16H,5-6,11-13H2,1-2H3. The monoisotopic (exact) mass is 377 g/mol. The van der Waals surface area contributed by atoms with Gasteiger partial charge in [0, 0.05) is 19.0 Å². The summed E-state index contributed by atoms with van der Waals surface area (Å²) in [5.41, 5.74) is 2.75. The molecule has 4 heterocycles. The summed E-state index contributed by atoms with van der Waals surface area (Å²) in [7, 11) is 0. The van der Waals surface area contributed by atoms with Crippen LogP contribution in [0.5, 0.6) is 0 Å². The highest BCUT2D eigenvalue weighted by molar-refractivity contribution is 5.72. The molecule has 1 atom stereocenters. The lowest BCUT2D eigenvalue weighted by molar-refractivity contribution is 0.185. The zero-order chi connectivity index (χ0) is 19.1. The van der Waals surface area contributed by atoms with E-state index in [1.807, 2.05) is 50.2 Å². The Bertz CT molecular complexity index is 1070. The minimum absolute atomic E-state index is 0.306. The van der Waals surface area contributed by atoms with Crippen LogP contribution in [0.15, 0.2) is 49.6 Å². The largest absolute Gasteiger partial charge is 0.456 e. The summed E-state index contributed by atoms with van der Waals surface area (Å²) in [5, 5.41) is 0. The Morgan fingerprint density at radius 2 is 1.93 bits per heavy atom. The van der Waals surface area contributed by atoms with Crippen molar-refractivity contribution in [2.24, 2.45) is 0 Å². The fraction of sp³-hybridized carbons (Fsp3) is 0.364. The molecule has 0 N–H and O–H groups in total. The number of likely N-dealkylation sites (tertiary alicyclic amines) is 1. The molecule has 1 aliphatic heterocycles. The maximum atomic E-state index is 6.01. The average molecular weight is 377 g/mol. The van der Waals surface area contributed by atoms with Gasteiger partial charge in [0.1, 0.15) is 17.0 Å². The van der Waals surface area contributed by atoms with Crippen LogP contribution in [0.1, 0.15) is 41.9 Å². The second-order valence-electron chi connectivity index (χ2n) is 7.53. The molecule has 144 valence electrons. The van der Waals surface area contributed by atoms with Crippen molar-refractivity contribution in [2.45, 2.75) is 39.2 Å². The third-order valence-corrected chi connectivity index (χ3v) is 5.38. The molecule has 1 aliphatic rings. The Hall–Kier alpha value is -2.86. The van der Waals surface area contributed by atoms with Gasteiger partial charge in [0.2, 0.25) is 0 Å². The lowest BCUT2D eigenvalue weighted by Crippen LogP contribution is -2.34. The number of aromatic nitrogens is 2.